The second-order valence-corrected chi connectivity index (χ2v) is 8.90. The van der Waals surface area contributed by atoms with E-state index in [0.717, 1.165) is 5.56 Å². The maximum atomic E-state index is 13.3. The fourth-order valence-electron chi connectivity index (χ4n) is 3.84. The summed E-state index contributed by atoms with van der Waals surface area (Å²) in [6.07, 6.45) is 0.987. The molecule has 1 heterocycles. The van der Waals surface area contributed by atoms with Gasteiger partial charge in [-0.3, -0.25) is 9.69 Å². The van der Waals surface area contributed by atoms with Crippen molar-refractivity contribution < 1.29 is 19.1 Å². The van der Waals surface area contributed by atoms with Gasteiger partial charge in [-0.1, -0.05) is 59.6 Å². The number of halogens is 2. The second-order valence-electron chi connectivity index (χ2n) is 8.06. The van der Waals surface area contributed by atoms with Crippen molar-refractivity contribution in [2.75, 3.05) is 6.54 Å². The smallest absolute Gasteiger partial charge is 0.338 e. The minimum absolute atomic E-state index is 0.0427. The normalized spacial score (nSPS) is 15.4. The molecule has 1 N–H and O–H groups in total. The van der Waals surface area contributed by atoms with Crippen molar-refractivity contribution in [1.29, 1.82) is 5.26 Å². The van der Waals surface area contributed by atoms with E-state index in [9.17, 15) is 14.4 Å². The van der Waals surface area contributed by atoms with Crippen LogP contribution in [0.5, 0.6) is 0 Å². The van der Waals surface area contributed by atoms with Crippen molar-refractivity contribution in [3.8, 4) is 6.07 Å². The van der Waals surface area contributed by atoms with Crippen LogP contribution in [-0.4, -0.2) is 29.2 Å². The van der Waals surface area contributed by atoms with Crippen LogP contribution in [0.25, 0.3) is 0 Å². The highest BCUT2D eigenvalue weighted by molar-refractivity contribution is 6.35. The average Bonchev–Trinajstić information content (AvgIpc) is 2.83. The lowest BCUT2D eigenvalue weighted by molar-refractivity contribution is -0.141. The third kappa shape index (κ3) is 6.84. The van der Waals surface area contributed by atoms with E-state index in [1.54, 1.807) is 25.1 Å². The van der Waals surface area contributed by atoms with Gasteiger partial charge in [-0.05, 0) is 36.6 Å². The monoisotopic (exact) mass is 513 g/mol. The Balaban J connectivity index is 1.87. The van der Waals surface area contributed by atoms with Gasteiger partial charge < -0.3 is 10.1 Å². The zero-order chi connectivity index (χ0) is 25.4. The van der Waals surface area contributed by atoms with E-state index in [1.165, 1.54) is 4.90 Å². The van der Waals surface area contributed by atoms with Crippen molar-refractivity contribution in [3.05, 3.63) is 81.0 Å². The molecule has 0 bridgehead atoms. The van der Waals surface area contributed by atoms with Crippen molar-refractivity contribution in [1.82, 2.24) is 10.2 Å². The number of amides is 2. The molecule has 1 unspecified atom stereocenters. The summed E-state index contributed by atoms with van der Waals surface area (Å²) in [6.45, 7) is 1.97. The second kappa shape index (κ2) is 12.4. The largest absolute Gasteiger partial charge is 0.457 e. The molecule has 2 aromatic rings. The van der Waals surface area contributed by atoms with Crippen LogP contribution in [0.4, 0.5) is 4.79 Å². The predicted octanol–water partition coefficient (Wildman–Crippen LogP) is 5.73. The number of esters is 1. The molecule has 1 atom stereocenters. The van der Waals surface area contributed by atoms with Crippen LogP contribution in [0, 0.1) is 11.3 Å². The number of hydrogen-bond donors (Lipinski definition) is 1. The highest BCUT2D eigenvalue weighted by atomic mass is 35.5. The molecule has 0 aromatic heterocycles. The number of urea groups is 1. The first-order valence-electron chi connectivity index (χ1n) is 11.1. The van der Waals surface area contributed by atoms with Crippen LogP contribution < -0.4 is 5.32 Å². The first-order chi connectivity index (χ1) is 16.8. The molecule has 0 spiro atoms. The van der Waals surface area contributed by atoms with E-state index < -0.39 is 18.0 Å². The molecule has 0 saturated heterocycles. The van der Waals surface area contributed by atoms with E-state index in [2.05, 4.69) is 5.32 Å². The van der Waals surface area contributed by atoms with Crippen molar-refractivity contribution in [2.45, 2.75) is 45.3 Å². The highest BCUT2D eigenvalue weighted by Crippen LogP contribution is 2.36. The lowest BCUT2D eigenvalue weighted by Gasteiger charge is -2.35. The third-order valence-electron chi connectivity index (χ3n) is 5.66. The molecule has 2 amide bonds. The first-order valence-corrected chi connectivity index (χ1v) is 11.9. The molecule has 1 aliphatic rings. The Morgan fingerprint density at radius 2 is 1.89 bits per heavy atom. The van der Waals surface area contributed by atoms with Gasteiger partial charge in [0.15, 0.2) is 0 Å². The Kier molecular flexibility index (Phi) is 9.30. The summed E-state index contributed by atoms with van der Waals surface area (Å²) in [6, 6.07) is 14.8. The van der Waals surface area contributed by atoms with Gasteiger partial charge in [-0.2, -0.15) is 5.26 Å². The van der Waals surface area contributed by atoms with E-state index in [-0.39, 0.29) is 43.8 Å². The Morgan fingerprint density at radius 3 is 2.57 bits per heavy atom. The lowest BCUT2D eigenvalue weighted by atomic mass is 9.94. The summed E-state index contributed by atoms with van der Waals surface area (Å²) in [5.74, 6) is -0.628. The molecule has 1 aliphatic heterocycles. The molecule has 7 nitrogen and oxygen atoms in total. The molecule has 0 radical (unpaired) electrons. The lowest BCUT2D eigenvalue weighted by Crippen LogP contribution is -2.48. The van der Waals surface area contributed by atoms with Gasteiger partial charge in [0.1, 0.15) is 12.4 Å². The SMILES string of the molecule is CC1=C(C(=O)OCc2ccccc2)C(c2ccc(Cl)cc2Cl)NC(=O)N1CCCC(=O)CCC#N. The molecule has 0 aliphatic carbocycles. The van der Waals surface area contributed by atoms with Crippen molar-refractivity contribution in [2.24, 2.45) is 0 Å². The number of ketones is 1. The van der Waals surface area contributed by atoms with Crippen molar-refractivity contribution in [3.63, 3.8) is 0 Å². The number of nitriles is 1. The minimum atomic E-state index is -0.830. The van der Waals surface area contributed by atoms with Gasteiger partial charge in [-0.25, -0.2) is 9.59 Å². The van der Waals surface area contributed by atoms with Crippen LogP contribution in [0.2, 0.25) is 10.0 Å². The van der Waals surface area contributed by atoms with E-state index in [1.807, 2.05) is 36.4 Å². The molecular formula is C26H25Cl2N3O4. The van der Waals surface area contributed by atoms with Crippen molar-refractivity contribution >= 4 is 41.0 Å². The van der Waals surface area contributed by atoms with Crippen LogP contribution >= 0.6 is 23.2 Å². The summed E-state index contributed by atoms with van der Waals surface area (Å²) in [7, 11) is 0. The van der Waals surface area contributed by atoms with Gasteiger partial charge >= 0.3 is 12.0 Å². The number of hydrogen-bond acceptors (Lipinski definition) is 5. The molecule has 35 heavy (non-hydrogen) atoms. The van der Waals surface area contributed by atoms with Crippen LogP contribution in [0.3, 0.4) is 0 Å². The molecule has 2 aromatic carbocycles. The number of rotatable bonds is 10. The highest BCUT2D eigenvalue weighted by Gasteiger charge is 2.37. The summed E-state index contributed by atoms with van der Waals surface area (Å²) < 4.78 is 5.60. The summed E-state index contributed by atoms with van der Waals surface area (Å²) in [5, 5.41) is 12.2. The predicted molar refractivity (Wildman–Crippen MR) is 132 cm³/mol. The Hall–Kier alpha value is -3.34. The van der Waals surface area contributed by atoms with Gasteiger partial charge in [0.25, 0.3) is 0 Å². The van der Waals surface area contributed by atoms with Crippen LogP contribution in [0.15, 0.2) is 59.8 Å². The molecule has 0 saturated carbocycles. The van der Waals surface area contributed by atoms with Gasteiger partial charge in [0, 0.05) is 41.5 Å². The maximum Gasteiger partial charge on any atom is 0.338 e. The molecule has 3 rings (SSSR count). The standard InChI is InChI=1S/C26H25Cl2N3O4/c1-17-23(25(33)35-16-18-7-3-2-4-8-18)24(21-12-11-19(27)15-22(21)28)30-26(34)31(17)14-6-10-20(32)9-5-13-29/h2-4,7-8,11-12,15,24H,5-6,9-10,14,16H2,1H3,(H,30,34). The summed E-state index contributed by atoms with van der Waals surface area (Å²) >= 11 is 12.5. The number of benzene rings is 2. The third-order valence-corrected chi connectivity index (χ3v) is 6.22. The number of nitrogens with one attached hydrogen (secondary N) is 1. The van der Waals surface area contributed by atoms with Gasteiger partial charge in [0.2, 0.25) is 0 Å². The quantitative estimate of drug-likeness (QED) is 0.408. The minimum Gasteiger partial charge on any atom is -0.457 e. The first kappa shape index (κ1) is 26.3. The van der Waals surface area contributed by atoms with Crippen LogP contribution in [-0.2, 0) is 20.9 Å². The number of allylic oxidation sites excluding steroid dienone is 1. The molecular weight excluding hydrogens is 489 g/mol. The van der Waals surface area contributed by atoms with Gasteiger partial charge in [0.05, 0.1) is 17.7 Å². The summed E-state index contributed by atoms with van der Waals surface area (Å²) in [5.41, 5.74) is 2.02. The number of carbonyl (C=O) groups excluding carboxylic acids is 3. The molecule has 182 valence electrons. The topological polar surface area (TPSA) is 99.5 Å². The average molecular weight is 514 g/mol. The number of Topliss-reactive ketones (excluding diaryl/α,β-unsaturated/α-hetero) is 1. The zero-order valence-corrected chi connectivity index (χ0v) is 20.7. The summed E-state index contributed by atoms with van der Waals surface area (Å²) in [4.78, 5) is 39.6. The number of nitrogens with zero attached hydrogens (tertiary/aromatic N) is 2. The van der Waals surface area contributed by atoms with E-state index >= 15 is 0 Å². The van der Waals surface area contributed by atoms with Crippen LogP contribution in [0.1, 0.15) is 49.8 Å². The maximum absolute atomic E-state index is 13.3. The fourth-order valence-corrected chi connectivity index (χ4v) is 4.36. The fraction of sp³-hybridized carbons (Fsp3) is 0.308. The van der Waals surface area contributed by atoms with E-state index in [4.69, 9.17) is 33.2 Å². The number of carbonyl (C=O) groups is 3. The molecule has 9 heteroatoms. The van der Waals surface area contributed by atoms with Gasteiger partial charge in [-0.15, -0.1) is 0 Å². The Morgan fingerprint density at radius 1 is 1.14 bits per heavy atom. The number of ether oxygens (including phenoxy) is 1. The zero-order valence-electron chi connectivity index (χ0n) is 19.2. The Bertz CT molecular complexity index is 1170. The Labute approximate surface area is 214 Å². The van der Waals surface area contributed by atoms with E-state index in [0.29, 0.717) is 27.7 Å². The molecule has 0 fully saturated rings.